The molecule has 10 rings (SSSR count). The zero-order chi connectivity index (χ0) is 31.6. The van der Waals surface area contributed by atoms with Crippen molar-refractivity contribution in [2.45, 2.75) is 38.5 Å². The summed E-state index contributed by atoms with van der Waals surface area (Å²) in [5, 5.41) is 7.31. The van der Waals surface area contributed by atoms with Gasteiger partial charge in [0.2, 0.25) is 0 Å². The quantitative estimate of drug-likeness (QED) is 0.195. The van der Waals surface area contributed by atoms with Crippen molar-refractivity contribution in [1.82, 2.24) is 0 Å². The van der Waals surface area contributed by atoms with E-state index in [0.717, 1.165) is 60.5 Å². The highest BCUT2D eigenvalue weighted by Gasteiger charge is 2.26. The summed E-state index contributed by atoms with van der Waals surface area (Å²) in [6, 6.07) is 40.4. The molecule has 0 saturated carbocycles. The molecule has 3 aliphatic rings. The Kier molecular flexibility index (Phi) is 6.30. The van der Waals surface area contributed by atoms with Crippen LogP contribution < -0.4 is 15.3 Å². The first-order valence-electron chi connectivity index (χ1n) is 17.4. The van der Waals surface area contributed by atoms with Crippen molar-refractivity contribution in [3.63, 3.8) is 0 Å². The van der Waals surface area contributed by atoms with E-state index in [1.54, 1.807) is 0 Å². The van der Waals surface area contributed by atoms with E-state index in [2.05, 4.69) is 144 Å². The van der Waals surface area contributed by atoms with E-state index in [-0.39, 0.29) is 0 Å². The van der Waals surface area contributed by atoms with Crippen LogP contribution in [0.5, 0.6) is 0 Å². The molecule has 1 aromatic heterocycles. The molecule has 2 heteroatoms. The minimum atomic E-state index is 0.930. The molecule has 0 aliphatic heterocycles. The number of aryl methyl sites for hydroxylation is 2. The minimum absolute atomic E-state index is 0.930. The third-order valence-electron chi connectivity index (χ3n) is 10.6. The van der Waals surface area contributed by atoms with Crippen LogP contribution in [0.4, 0.5) is 11.4 Å². The summed E-state index contributed by atoms with van der Waals surface area (Å²) in [6.45, 7) is 0. The molecule has 0 amide bonds. The predicted octanol–water partition coefficient (Wildman–Crippen LogP) is 10.8. The van der Waals surface area contributed by atoms with Crippen molar-refractivity contribution in [1.29, 1.82) is 0 Å². The highest BCUT2D eigenvalue weighted by Crippen LogP contribution is 2.47. The van der Waals surface area contributed by atoms with E-state index in [0.29, 0.717) is 0 Å². The van der Waals surface area contributed by atoms with Crippen LogP contribution in [0.3, 0.4) is 0 Å². The van der Waals surface area contributed by atoms with Gasteiger partial charge >= 0.3 is 0 Å². The SMILES string of the molecule is C1=Cc2c(cccc2-c2cccc3oc4c5ccccc5c(N(C5=c6ccccc6=CCC5)c5cccc6c5C=CCC6)cc4c23)CC1. The zero-order valence-corrected chi connectivity index (χ0v) is 26.9. The monoisotopic (exact) mass is 617 g/mol. The second-order valence-corrected chi connectivity index (χ2v) is 13.3. The standard InChI is InChI=1S/C46H35NO/c1-4-19-33-30(13-1)16-9-24-36(33)38-25-12-28-44-45(38)40-29-43(37-22-7-8-23-39(37)46(40)48-44)47(41-26-10-17-31-14-2-5-20-34(31)41)42-27-11-18-32-15-3-6-21-35(32)42/h2,4-9,11-12,14,16-25,27-29H,1,3,10,13,15,26H2. The predicted molar refractivity (Wildman–Crippen MR) is 203 cm³/mol. The van der Waals surface area contributed by atoms with Crippen LogP contribution >= 0.6 is 0 Å². The normalized spacial score (nSPS) is 15.0. The van der Waals surface area contributed by atoms with E-state index in [1.165, 1.54) is 71.7 Å². The Balaban J connectivity index is 1.34. The maximum atomic E-state index is 6.85. The molecule has 7 aromatic rings. The summed E-state index contributed by atoms with van der Waals surface area (Å²) < 4.78 is 6.85. The molecule has 2 nitrogen and oxygen atoms in total. The van der Waals surface area contributed by atoms with Gasteiger partial charge in [-0.1, -0.05) is 121 Å². The van der Waals surface area contributed by atoms with E-state index in [4.69, 9.17) is 4.42 Å². The first-order valence-corrected chi connectivity index (χ1v) is 17.4. The molecule has 230 valence electrons. The lowest BCUT2D eigenvalue weighted by atomic mass is 9.88. The molecule has 48 heavy (non-hydrogen) atoms. The lowest BCUT2D eigenvalue weighted by Crippen LogP contribution is -2.35. The molecule has 0 atom stereocenters. The first-order chi connectivity index (χ1) is 23.8. The van der Waals surface area contributed by atoms with Crippen LogP contribution in [0.1, 0.15) is 47.9 Å². The summed E-state index contributed by atoms with van der Waals surface area (Å²) >= 11 is 0. The van der Waals surface area contributed by atoms with Crippen LogP contribution in [-0.2, 0) is 12.8 Å². The van der Waals surface area contributed by atoms with Gasteiger partial charge in [0.05, 0.1) is 11.4 Å². The average Bonchev–Trinajstić information content (AvgIpc) is 3.54. The molecule has 6 aromatic carbocycles. The summed E-state index contributed by atoms with van der Waals surface area (Å²) in [7, 11) is 0. The first kappa shape index (κ1) is 27.5. The minimum Gasteiger partial charge on any atom is -0.455 e. The summed E-state index contributed by atoms with van der Waals surface area (Å²) in [4.78, 5) is 2.59. The van der Waals surface area contributed by atoms with Gasteiger partial charge in [0.1, 0.15) is 11.2 Å². The fourth-order valence-electron chi connectivity index (χ4n) is 8.48. The van der Waals surface area contributed by atoms with Crippen LogP contribution in [0.25, 0.3) is 67.8 Å². The summed E-state index contributed by atoms with van der Waals surface area (Å²) in [5.41, 5.74) is 13.7. The highest BCUT2D eigenvalue weighted by atomic mass is 16.3. The van der Waals surface area contributed by atoms with Gasteiger partial charge in [0, 0.05) is 38.0 Å². The third kappa shape index (κ3) is 4.19. The smallest absolute Gasteiger partial charge is 0.143 e. The number of fused-ring (bicyclic) bond motifs is 8. The van der Waals surface area contributed by atoms with Gasteiger partial charge in [0.25, 0.3) is 0 Å². The topological polar surface area (TPSA) is 16.4 Å². The van der Waals surface area contributed by atoms with Gasteiger partial charge in [-0.3, -0.25) is 0 Å². The zero-order valence-electron chi connectivity index (χ0n) is 26.9. The molecular weight excluding hydrogens is 583 g/mol. The molecule has 0 radical (unpaired) electrons. The van der Waals surface area contributed by atoms with Gasteiger partial charge < -0.3 is 9.32 Å². The van der Waals surface area contributed by atoms with Crippen LogP contribution in [-0.4, -0.2) is 0 Å². The maximum absolute atomic E-state index is 6.85. The number of hydrogen-bond acceptors (Lipinski definition) is 2. The van der Waals surface area contributed by atoms with Gasteiger partial charge in [-0.2, -0.15) is 0 Å². The molecule has 3 aliphatic carbocycles. The maximum Gasteiger partial charge on any atom is 0.143 e. The Morgan fingerprint density at radius 2 is 1.27 bits per heavy atom. The summed E-state index contributed by atoms with van der Waals surface area (Å²) in [6.07, 6.45) is 18.0. The van der Waals surface area contributed by atoms with Gasteiger partial charge in [-0.15, -0.1) is 0 Å². The number of furan rings is 1. The number of rotatable bonds is 4. The molecule has 0 saturated heterocycles. The van der Waals surface area contributed by atoms with Crippen molar-refractivity contribution >= 4 is 68.0 Å². The second-order valence-electron chi connectivity index (χ2n) is 13.3. The van der Waals surface area contributed by atoms with E-state index < -0.39 is 0 Å². The number of anilines is 2. The second kappa shape index (κ2) is 11.0. The van der Waals surface area contributed by atoms with E-state index in [1.807, 2.05) is 0 Å². The Morgan fingerprint density at radius 1 is 0.542 bits per heavy atom. The molecule has 0 bridgehead atoms. The number of allylic oxidation sites excluding steroid dienone is 2. The molecule has 0 fully saturated rings. The Hall–Kier alpha value is -5.60. The van der Waals surface area contributed by atoms with Crippen LogP contribution in [0, 0.1) is 0 Å². The highest BCUT2D eigenvalue weighted by molar-refractivity contribution is 6.23. The molecule has 1 heterocycles. The number of nitrogens with zero attached hydrogens (tertiary/aromatic N) is 1. The Labute approximate surface area is 280 Å². The third-order valence-corrected chi connectivity index (χ3v) is 10.6. The van der Waals surface area contributed by atoms with Crippen LogP contribution in [0.2, 0.25) is 0 Å². The van der Waals surface area contributed by atoms with Crippen LogP contribution in [0.15, 0.2) is 126 Å². The Morgan fingerprint density at radius 3 is 2.17 bits per heavy atom. The molecule has 0 N–H and O–H groups in total. The fourth-order valence-corrected chi connectivity index (χ4v) is 8.48. The van der Waals surface area contributed by atoms with Gasteiger partial charge in [0.15, 0.2) is 0 Å². The molecule has 0 unspecified atom stereocenters. The van der Waals surface area contributed by atoms with E-state index in [9.17, 15) is 0 Å². The van der Waals surface area contributed by atoms with Crippen molar-refractivity contribution < 1.29 is 4.42 Å². The van der Waals surface area contributed by atoms with E-state index >= 15 is 0 Å². The lowest BCUT2D eigenvalue weighted by molar-refractivity contribution is 0.673. The van der Waals surface area contributed by atoms with Crippen molar-refractivity contribution in [2.24, 2.45) is 0 Å². The average molecular weight is 618 g/mol. The van der Waals surface area contributed by atoms with Crippen molar-refractivity contribution in [3.05, 3.63) is 154 Å². The van der Waals surface area contributed by atoms with Crippen molar-refractivity contribution in [3.8, 4) is 11.1 Å². The lowest BCUT2D eigenvalue weighted by Gasteiger charge is -2.33. The number of hydrogen-bond donors (Lipinski definition) is 0. The largest absolute Gasteiger partial charge is 0.455 e. The van der Waals surface area contributed by atoms with Gasteiger partial charge in [-0.05, 0) is 89.8 Å². The Bertz CT molecular complexity index is 2630. The molecule has 0 spiro atoms. The number of benzene rings is 6. The fraction of sp³-hybridized carbons (Fsp3) is 0.130. The molecular formula is C46H35NO. The summed E-state index contributed by atoms with van der Waals surface area (Å²) in [5.74, 6) is 0. The van der Waals surface area contributed by atoms with Gasteiger partial charge in [-0.25, -0.2) is 0 Å². The van der Waals surface area contributed by atoms with Crippen molar-refractivity contribution in [2.75, 3.05) is 4.90 Å².